The number of benzene rings is 2. The van der Waals surface area contributed by atoms with Crippen LogP contribution in [-0.2, 0) is 16.1 Å². The van der Waals surface area contributed by atoms with E-state index in [-0.39, 0.29) is 17.6 Å². The predicted molar refractivity (Wildman–Crippen MR) is 123 cm³/mol. The van der Waals surface area contributed by atoms with Gasteiger partial charge in [-0.15, -0.1) is 11.8 Å². The van der Waals surface area contributed by atoms with Crippen LogP contribution >= 0.6 is 11.8 Å². The van der Waals surface area contributed by atoms with E-state index in [9.17, 15) is 9.59 Å². The molecule has 1 atom stereocenters. The Morgan fingerprint density at radius 3 is 2.23 bits per heavy atom. The first kappa shape index (κ1) is 23.8. The van der Waals surface area contributed by atoms with Crippen LogP contribution in [0.15, 0.2) is 53.4 Å². The van der Waals surface area contributed by atoms with E-state index in [1.54, 1.807) is 18.9 Å². The molecule has 0 aliphatic rings. The summed E-state index contributed by atoms with van der Waals surface area (Å²) in [5.41, 5.74) is 2.13. The van der Waals surface area contributed by atoms with Crippen molar-refractivity contribution < 1.29 is 14.3 Å². The minimum atomic E-state index is -0.558. The van der Waals surface area contributed by atoms with Crippen LogP contribution in [0.25, 0.3) is 0 Å². The summed E-state index contributed by atoms with van der Waals surface area (Å²) in [6.07, 6.45) is 0. The van der Waals surface area contributed by atoms with Crippen LogP contribution in [0.4, 0.5) is 0 Å². The number of carbonyl (C=O) groups is 2. The number of hydrogen-bond donors (Lipinski definition) is 1. The molecule has 0 spiro atoms. The molecule has 0 heterocycles. The molecule has 6 heteroatoms. The molecule has 0 aliphatic heterocycles. The largest absolute Gasteiger partial charge is 0.497 e. The number of hydrogen-bond acceptors (Lipinski definition) is 4. The summed E-state index contributed by atoms with van der Waals surface area (Å²) in [5.74, 6) is 1.19. The van der Waals surface area contributed by atoms with Gasteiger partial charge >= 0.3 is 0 Å². The average Bonchev–Trinajstić information content (AvgIpc) is 2.75. The standard InChI is InChI=1S/C24H32N2O3S/c1-17(2)14-25-24(28)19(4)26(15-20-8-10-21(29-5)11-9-20)23(27)16-30-22-12-6-18(3)7-13-22/h6-13,17,19H,14-16H2,1-5H3,(H,25,28). The lowest BCUT2D eigenvalue weighted by molar-refractivity contribution is -0.138. The Bertz CT molecular complexity index is 819. The molecule has 1 unspecified atom stereocenters. The molecular weight excluding hydrogens is 396 g/mol. The van der Waals surface area contributed by atoms with Gasteiger partial charge in [-0.1, -0.05) is 43.7 Å². The normalized spacial score (nSPS) is 11.8. The van der Waals surface area contributed by atoms with E-state index in [4.69, 9.17) is 4.74 Å². The SMILES string of the molecule is COc1ccc(CN(C(=O)CSc2ccc(C)cc2)C(C)C(=O)NCC(C)C)cc1. The minimum Gasteiger partial charge on any atom is -0.497 e. The average molecular weight is 429 g/mol. The van der Waals surface area contributed by atoms with Gasteiger partial charge in [0.15, 0.2) is 0 Å². The number of thioether (sulfide) groups is 1. The fraction of sp³-hybridized carbons (Fsp3) is 0.417. The highest BCUT2D eigenvalue weighted by molar-refractivity contribution is 8.00. The van der Waals surface area contributed by atoms with Crippen LogP contribution in [0.1, 0.15) is 31.9 Å². The number of nitrogens with one attached hydrogen (secondary N) is 1. The molecule has 2 rings (SSSR count). The fourth-order valence-electron chi connectivity index (χ4n) is 2.83. The van der Waals surface area contributed by atoms with Crippen LogP contribution < -0.4 is 10.1 Å². The highest BCUT2D eigenvalue weighted by atomic mass is 32.2. The molecule has 5 nitrogen and oxygen atoms in total. The Kier molecular flexibility index (Phi) is 9.24. The molecule has 30 heavy (non-hydrogen) atoms. The van der Waals surface area contributed by atoms with Gasteiger partial charge in [0.2, 0.25) is 11.8 Å². The van der Waals surface area contributed by atoms with Gasteiger partial charge in [-0.3, -0.25) is 9.59 Å². The van der Waals surface area contributed by atoms with Crippen LogP contribution in [0, 0.1) is 12.8 Å². The highest BCUT2D eigenvalue weighted by Crippen LogP contribution is 2.21. The molecule has 162 valence electrons. The number of nitrogens with zero attached hydrogens (tertiary/aromatic N) is 1. The quantitative estimate of drug-likeness (QED) is 0.574. The first-order valence-electron chi connectivity index (χ1n) is 10.2. The van der Waals surface area contributed by atoms with Gasteiger partial charge in [0.25, 0.3) is 0 Å². The Labute approximate surface area is 184 Å². The summed E-state index contributed by atoms with van der Waals surface area (Å²) in [6, 6.07) is 15.1. The summed E-state index contributed by atoms with van der Waals surface area (Å²) in [5, 5.41) is 2.94. The van der Waals surface area contributed by atoms with E-state index in [0.29, 0.717) is 19.0 Å². The van der Waals surface area contributed by atoms with E-state index in [1.165, 1.54) is 17.3 Å². The number of aryl methyl sites for hydroxylation is 1. The predicted octanol–water partition coefficient (Wildman–Crippen LogP) is 4.29. The third-order valence-corrected chi connectivity index (χ3v) is 5.74. The van der Waals surface area contributed by atoms with Crippen molar-refractivity contribution in [2.45, 2.75) is 45.2 Å². The van der Waals surface area contributed by atoms with Gasteiger partial charge in [-0.25, -0.2) is 0 Å². The van der Waals surface area contributed by atoms with E-state index < -0.39 is 6.04 Å². The zero-order chi connectivity index (χ0) is 22.1. The minimum absolute atomic E-state index is 0.0661. The van der Waals surface area contributed by atoms with Gasteiger partial charge < -0.3 is 15.0 Å². The number of amides is 2. The third-order valence-electron chi connectivity index (χ3n) is 4.75. The maximum absolute atomic E-state index is 13.1. The molecule has 0 fully saturated rings. The Morgan fingerprint density at radius 2 is 1.67 bits per heavy atom. The fourth-order valence-corrected chi connectivity index (χ4v) is 3.61. The Morgan fingerprint density at radius 1 is 1.03 bits per heavy atom. The number of ether oxygens (including phenoxy) is 1. The van der Waals surface area contributed by atoms with E-state index >= 15 is 0 Å². The number of rotatable bonds is 10. The van der Waals surface area contributed by atoms with Crippen LogP contribution in [0.5, 0.6) is 5.75 Å². The lowest BCUT2D eigenvalue weighted by Gasteiger charge is -2.29. The van der Waals surface area contributed by atoms with Gasteiger partial charge in [-0.2, -0.15) is 0 Å². The van der Waals surface area contributed by atoms with Crippen molar-refractivity contribution in [2.75, 3.05) is 19.4 Å². The first-order valence-corrected chi connectivity index (χ1v) is 11.2. The monoisotopic (exact) mass is 428 g/mol. The van der Waals surface area contributed by atoms with E-state index in [2.05, 4.69) is 5.32 Å². The molecule has 2 aromatic carbocycles. The second-order valence-corrected chi connectivity index (χ2v) is 8.84. The van der Waals surface area contributed by atoms with Crippen LogP contribution in [0.2, 0.25) is 0 Å². The van der Waals surface area contributed by atoms with Crippen molar-refractivity contribution >= 4 is 23.6 Å². The molecular formula is C24H32N2O3S. The molecule has 0 radical (unpaired) electrons. The van der Waals surface area contributed by atoms with Gasteiger partial charge in [-0.05, 0) is 49.6 Å². The molecule has 0 bridgehead atoms. The van der Waals surface area contributed by atoms with Gasteiger partial charge in [0.05, 0.1) is 12.9 Å². The molecule has 2 amide bonds. The number of carbonyl (C=O) groups excluding carboxylic acids is 2. The van der Waals surface area contributed by atoms with Crippen LogP contribution in [0.3, 0.4) is 0 Å². The smallest absolute Gasteiger partial charge is 0.242 e. The Balaban J connectivity index is 2.12. The second-order valence-electron chi connectivity index (χ2n) is 7.79. The van der Waals surface area contributed by atoms with Crippen molar-refractivity contribution in [2.24, 2.45) is 5.92 Å². The molecule has 0 aliphatic carbocycles. The summed E-state index contributed by atoms with van der Waals surface area (Å²) in [7, 11) is 1.62. The number of methoxy groups -OCH3 is 1. The maximum atomic E-state index is 13.1. The van der Waals surface area contributed by atoms with Crippen molar-refractivity contribution in [3.63, 3.8) is 0 Å². The van der Waals surface area contributed by atoms with Gasteiger partial charge in [0, 0.05) is 18.0 Å². The maximum Gasteiger partial charge on any atom is 0.242 e. The summed E-state index contributed by atoms with van der Waals surface area (Å²) >= 11 is 1.49. The van der Waals surface area contributed by atoms with Crippen LogP contribution in [-0.4, -0.2) is 42.2 Å². The lowest BCUT2D eigenvalue weighted by Crippen LogP contribution is -2.48. The molecule has 0 saturated carbocycles. The molecule has 0 saturated heterocycles. The zero-order valence-electron chi connectivity index (χ0n) is 18.5. The van der Waals surface area contributed by atoms with E-state index in [0.717, 1.165) is 16.2 Å². The van der Waals surface area contributed by atoms with Crippen molar-refractivity contribution in [3.8, 4) is 5.75 Å². The zero-order valence-corrected chi connectivity index (χ0v) is 19.3. The summed E-state index contributed by atoms with van der Waals surface area (Å²) in [4.78, 5) is 28.4. The summed E-state index contributed by atoms with van der Waals surface area (Å²) in [6.45, 7) is 8.87. The summed E-state index contributed by atoms with van der Waals surface area (Å²) < 4.78 is 5.21. The topological polar surface area (TPSA) is 58.6 Å². The third kappa shape index (κ3) is 7.41. The molecule has 1 N–H and O–H groups in total. The lowest BCUT2D eigenvalue weighted by atomic mass is 10.1. The molecule has 2 aromatic rings. The van der Waals surface area contributed by atoms with Gasteiger partial charge in [0.1, 0.15) is 11.8 Å². The van der Waals surface area contributed by atoms with Crippen molar-refractivity contribution in [1.29, 1.82) is 0 Å². The second kappa shape index (κ2) is 11.6. The Hall–Kier alpha value is -2.47. The first-order chi connectivity index (χ1) is 14.3. The van der Waals surface area contributed by atoms with E-state index in [1.807, 2.05) is 69.3 Å². The highest BCUT2D eigenvalue weighted by Gasteiger charge is 2.26. The molecule has 0 aromatic heterocycles. The van der Waals surface area contributed by atoms with Crippen molar-refractivity contribution in [1.82, 2.24) is 10.2 Å². The van der Waals surface area contributed by atoms with Crippen molar-refractivity contribution in [3.05, 3.63) is 59.7 Å².